The van der Waals surface area contributed by atoms with Crippen LogP contribution in [0.5, 0.6) is 11.5 Å². The zero-order valence-electron chi connectivity index (χ0n) is 11.0. The molecular formula is C13H17NO4S. The highest BCUT2D eigenvalue weighted by Gasteiger charge is 2.30. The summed E-state index contributed by atoms with van der Waals surface area (Å²) in [5.41, 5.74) is 1.01. The lowest BCUT2D eigenvalue weighted by molar-refractivity contribution is -0.138. The molecule has 0 bridgehead atoms. The average Bonchev–Trinajstić information content (AvgIpc) is 2.85. The quantitative estimate of drug-likeness (QED) is 0.889. The van der Waals surface area contributed by atoms with Crippen molar-refractivity contribution in [3.8, 4) is 11.5 Å². The van der Waals surface area contributed by atoms with Crippen LogP contribution in [0.4, 0.5) is 0 Å². The molecule has 1 atom stereocenters. The summed E-state index contributed by atoms with van der Waals surface area (Å²) < 4.78 is 10.6. The van der Waals surface area contributed by atoms with Crippen molar-refractivity contribution >= 4 is 17.7 Å². The Morgan fingerprint density at radius 2 is 2.26 bits per heavy atom. The van der Waals surface area contributed by atoms with Gasteiger partial charge in [-0.25, -0.2) is 0 Å². The summed E-state index contributed by atoms with van der Waals surface area (Å²) in [7, 11) is 3.22. The lowest BCUT2D eigenvalue weighted by atomic mass is 10.1. The minimum absolute atomic E-state index is 0.0485. The number of benzene rings is 1. The van der Waals surface area contributed by atoms with Gasteiger partial charge in [-0.2, -0.15) is 0 Å². The van der Waals surface area contributed by atoms with Gasteiger partial charge in [0.25, 0.3) is 0 Å². The van der Waals surface area contributed by atoms with Crippen molar-refractivity contribution in [2.45, 2.75) is 6.04 Å². The van der Waals surface area contributed by atoms with E-state index >= 15 is 0 Å². The lowest BCUT2D eigenvalue weighted by Crippen LogP contribution is -2.30. The van der Waals surface area contributed by atoms with Gasteiger partial charge in [-0.3, -0.25) is 9.69 Å². The van der Waals surface area contributed by atoms with Gasteiger partial charge < -0.3 is 14.6 Å². The van der Waals surface area contributed by atoms with Gasteiger partial charge in [0.15, 0.2) is 0 Å². The molecule has 0 aromatic heterocycles. The molecule has 1 fully saturated rings. The number of ether oxygens (including phenoxy) is 2. The summed E-state index contributed by atoms with van der Waals surface area (Å²) in [6, 6.07) is 5.72. The van der Waals surface area contributed by atoms with Crippen LogP contribution in [-0.2, 0) is 4.79 Å². The van der Waals surface area contributed by atoms with Crippen molar-refractivity contribution in [2.75, 3.05) is 32.4 Å². The summed E-state index contributed by atoms with van der Waals surface area (Å²) in [5, 5.41) is 8.95. The third-order valence-corrected chi connectivity index (χ3v) is 4.18. The molecule has 104 valence electrons. The molecule has 1 aromatic rings. The molecule has 1 N–H and O–H groups in total. The van der Waals surface area contributed by atoms with E-state index in [1.807, 2.05) is 23.1 Å². The first kappa shape index (κ1) is 14.0. The second-order valence-electron chi connectivity index (χ2n) is 4.26. The average molecular weight is 283 g/mol. The first-order valence-electron chi connectivity index (χ1n) is 5.91. The number of hydrogen-bond donors (Lipinski definition) is 1. The number of carboxylic acids is 1. The predicted octanol–water partition coefficient (Wildman–Crippen LogP) is 1.84. The highest BCUT2D eigenvalue weighted by atomic mass is 32.2. The van der Waals surface area contributed by atoms with Crippen LogP contribution in [0.2, 0.25) is 0 Å². The Hall–Kier alpha value is -1.40. The molecule has 0 aliphatic carbocycles. The van der Waals surface area contributed by atoms with E-state index in [1.54, 1.807) is 26.0 Å². The number of thioether (sulfide) groups is 1. The molecule has 0 amide bonds. The minimum Gasteiger partial charge on any atom is -0.497 e. The lowest BCUT2D eigenvalue weighted by Gasteiger charge is -2.23. The Bertz CT molecular complexity index is 466. The molecule has 2 rings (SSSR count). The van der Waals surface area contributed by atoms with E-state index in [0.29, 0.717) is 0 Å². The smallest absolute Gasteiger partial charge is 0.317 e. The molecule has 5 nitrogen and oxygen atoms in total. The Morgan fingerprint density at radius 3 is 2.89 bits per heavy atom. The summed E-state index contributed by atoms with van der Waals surface area (Å²) >= 11 is 1.73. The molecular weight excluding hydrogens is 266 g/mol. The number of carboxylic acid groups (broad SMARTS) is 1. The third kappa shape index (κ3) is 3.13. The summed E-state index contributed by atoms with van der Waals surface area (Å²) in [6.07, 6.45) is 0. The van der Waals surface area contributed by atoms with Crippen molar-refractivity contribution in [3.05, 3.63) is 23.8 Å². The van der Waals surface area contributed by atoms with Crippen LogP contribution in [-0.4, -0.2) is 48.4 Å². The van der Waals surface area contributed by atoms with Crippen LogP contribution in [0.1, 0.15) is 11.6 Å². The Kier molecular flexibility index (Phi) is 4.55. The molecule has 6 heteroatoms. The van der Waals surface area contributed by atoms with Gasteiger partial charge in [0.2, 0.25) is 0 Å². The number of carbonyl (C=O) groups is 1. The number of rotatable bonds is 5. The van der Waals surface area contributed by atoms with Crippen molar-refractivity contribution in [1.82, 2.24) is 4.90 Å². The van der Waals surface area contributed by atoms with E-state index in [0.717, 1.165) is 28.7 Å². The van der Waals surface area contributed by atoms with E-state index in [4.69, 9.17) is 14.6 Å². The second kappa shape index (κ2) is 6.16. The molecule has 19 heavy (non-hydrogen) atoms. The molecule has 0 radical (unpaired) electrons. The number of aliphatic carboxylic acids is 1. The predicted molar refractivity (Wildman–Crippen MR) is 74.0 cm³/mol. The molecule has 1 aliphatic rings. The fraction of sp³-hybridized carbons (Fsp3) is 0.462. The van der Waals surface area contributed by atoms with Crippen LogP contribution in [0.25, 0.3) is 0 Å². The molecule has 1 saturated heterocycles. The SMILES string of the molecule is COc1ccc(C2CSCN2CC(=O)O)c(OC)c1. The molecule has 1 aromatic carbocycles. The molecule has 1 aliphatic heterocycles. The monoisotopic (exact) mass is 283 g/mol. The minimum atomic E-state index is -0.806. The van der Waals surface area contributed by atoms with Crippen molar-refractivity contribution in [2.24, 2.45) is 0 Å². The molecule has 0 saturated carbocycles. The van der Waals surface area contributed by atoms with Crippen molar-refractivity contribution in [1.29, 1.82) is 0 Å². The summed E-state index contributed by atoms with van der Waals surface area (Å²) in [4.78, 5) is 12.8. The number of hydrogen-bond acceptors (Lipinski definition) is 5. The van der Waals surface area contributed by atoms with Crippen molar-refractivity contribution in [3.63, 3.8) is 0 Å². The Balaban J connectivity index is 2.27. The van der Waals surface area contributed by atoms with Crippen molar-refractivity contribution < 1.29 is 19.4 Å². The van der Waals surface area contributed by atoms with E-state index in [9.17, 15) is 4.79 Å². The van der Waals surface area contributed by atoms with Crippen LogP contribution in [0.15, 0.2) is 18.2 Å². The highest BCUT2D eigenvalue weighted by molar-refractivity contribution is 7.99. The van der Waals surface area contributed by atoms with Crippen LogP contribution >= 0.6 is 11.8 Å². The zero-order chi connectivity index (χ0) is 13.8. The third-order valence-electron chi connectivity index (χ3n) is 3.11. The first-order chi connectivity index (χ1) is 9.15. The zero-order valence-corrected chi connectivity index (χ0v) is 11.8. The van der Waals surface area contributed by atoms with Gasteiger partial charge in [0.1, 0.15) is 11.5 Å². The topological polar surface area (TPSA) is 59.0 Å². The molecule has 1 heterocycles. The molecule has 0 spiro atoms. The van der Waals surface area contributed by atoms with Gasteiger partial charge in [-0.1, -0.05) is 6.07 Å². The Morgan fingerprint density at radius 1 is 1.47 bits per heavy atom. The summed E-state index contributed by atoms with van der Waals surface area (Å²) in [6.45, 7) is 0.0485. The normalized spacial score (nSPS) is 19.4. The van der Waals surface area contributed by atoms with Gasteiger partial charge >= 0.3 is 5.97 Å². The van der Waals surface area contributed by atoms with Crippen LogP contribution < -0.4 is 9.47 Å². The van der Waals surface area contributed by atoms with Crippen LogP contribution in [0.3, 0.4) is 0 Å². The number of nitrogens with zero attached hydrogens (tertiary/aromatic N) is 1. The maximum absolute atomic E-state index is 10.9. The maximum atomic E-state index is 10.9. The molecule has 1 unspecified atom stereocenters. The fourth-order valence-corrected chi connectivity index (χ4v) is 3.41. The summed E-state index contributed by atoms with van der Waals surface area (Å²) in [5.74, 6) is 2.26. The highest BCUT2D eigenvalue weighted by Crippen LogP contribution is 2.38. The van der Waals surface area contributed by atoms with E-state index in [2.05, 4.69) is 0 Å². The largest absolute Gasteiger partial charge is 0.497 e. The van der Waals surface area contributed by atoms with Crippen LogP contribution in [0, 0.1) is 0 Å². The second-order valence-corrected chi connectivity index (χ2v) is 5.26. The van der Waals surface area contributed by atoms with Gasteiger partial charge in [-0.05, 0) is 6.07 Å². The first-order valence-corrected chi connectivity index (χ1v) is 7.06. The maximum Gasteiger partial charge on any atom is 0.317 e. The number of methoxy groups -OCH3 is 2. The van der Waals surface area contributed by atoms with Gasteiger partial charge in [0.05, 0.1) is 20.8 Å². The van der Waals surface area contributed by atoms with E-state index in [-0.39, 0.29) is 12.6 Å². The Labute approximate surface area is 116 Å². The fourth-order valence-electron chi connectivity index (χ4n) is 2.19. The van der Waals surface area contributed by atoms with Gasteiger partial charge in [0, 0.05) is 29.3 Å². The standard InChI is InChI=1S/C13H17NO4S/c1-17-9-3-4-10(12(5-9)18-2)11-7-19-8-14(11)6-13(15)16/h3-5,11H,6-8H2,1-2H3,(H,15,16). The van der Waals surface area contributed by atoms with E-state index < -0.39 is 5.97 Å². The van der Waals surface area contributed by atoms with E-state index in [1.165, 1.54) is 0 Å². The van der Waals surface area contributed by atoms with Gasteiger partial charge in [-0.15, -0.1) is 11.8 Å².